The van der Waals surface area contributed by atoms with Crippen molar-refractivity contribution >= 4 is 17.2 Å². The maximum atomic E-state index is 12.7. The summed E-state index contributed by atoms with van der Waals surface area (Å²) in [6.45, 7) is 4.62. The van der Waals surface area contributed by atoms with Crippen LogP contribution < -0.4 is 0 Å². The van der Waals surface area contributed by atoms with Crippen molar-refractivity contribution in [2.75, 3.05) is 7.05 Å². The third-order valence-electron chi connectivity index (χ3n) is 3.94. The first-order valence-electron chi connectivity index (χ1n) is 7.46. The zero-order valence-electron chi connectivity index (χ0n) is 13.5. The van der Waals surface area contributed by atoms with Gasteiger partial charge in [-0.2, -0.15) is 5.10 Å². The highest BCUT2D eigenvalue weighted by atomic mass is 32.1. The molecule has 5 heteroatoms. The van der Waals surface area contributed by atoms with E-state index >= 15 is 0 Å². The molecule has 0 aliphatic carbocycles. The molecule has 1 aromatic carbocycles. The fourth-order valence-electron chi connectivity index (χ4n) is 2.51. The van der Waals surface area contributed by atoms with Crippen LogP contribution in [0.2, 0.25) is 0 Å². The number of nitrogens with zero attached hydrogens (tertiary/aromatic N) is 3. The molecule has 3 rings (SSSR count). The number of thiophene rings is 1. The van der Waals surface area contributed by atoms with Gasteiger partial charge in [0, 0.05) is 11.9 Å². The highest BCUT2D eigenvalue weighted by Crippen LogP contribution is 2.20. The molecule has 118 valence electrons. The van der Waals surface area contributed by atoms with Gasteiger partial charge in [-0.1, -0.05) is 18.2 Å². The number of aryl methyl sites for hydroxylation is 1. The molecule has 0 spiro atoms. The van der Waals surface area contributed by atoms with E-state index in [1.54, 1.807) is 27.1 Å². The Morgan fingerprint density at radius 2 is 1.96 bits per heavy atom. The number of carbonyl (C=O) groups is 1. The van der Waals surface area contributed by atoms with E-state index in [2.05, 4.69) is 23.5 Å². The summed E-state index contributed by atoms with van der Waals surface area (Å²) >= 11 is 1.68. The Kier molecular flexibility index (Phi) is 4.30. The number of aromatic nitrogens is 2. The van der Waals surface area contributed by atoms with Crippen molar-refractivity contribution in [1.82, 2.24) is 14.7 Å². The van der Waals surface area contributed by atoms with Gasteiger partial charge in [-0.05, 0) is 43.0 Å². The van der Waals surface area contributed by atoms with Crippen LogP contribution in [0.15, 0.2) is 48.0 Å². The van der Waals surface area contributed by atoms with Gasteiger partial charge in [0.25, 0.3) is 5.91 Å². The summed E-state index contributed by atoms with van der Waals surface area (Å²) in [4.78, 5) is 15.7. The molecule has 0 fully saturated rings. The Bertz CT molecular complexity index is 820. The van der Waals surface area contributed by atoms with E-state index in [9.17, 15) is 4.79 Å². The number of hydrogen-bond acceptors (Lipinski definition) is 3. The monoisotopic (exact) mass is 325 g/mol. The smallest absolute Gasteiger partial charge is 0.257 e. The second-order valence-electron chi connectivity index (χ2n) is 5.58. The van der Waals surface area contributed by atoms with Crippen molar-refractivity contribution < 1.29 is 4.79 Å². The minimum absolute atomic E-state index is 0.00233. The molecule has 0 atom stereocenters. The predicted molar refractivity (Wildman–Crippen MR) is 93.2 cm³/mol. The van der Waals surface area contributed by atoms with Gasteiger partial charge in [0.05, 0.1) is 29.7 Å². The Labute approximate surface area is 140 Å². The van der Waals surface area contributed by atoms with Gasteiger partial charge in [0.15, 0.2) is 0 Å². The molecule has 2 heterocycles. The molecule has 0 unspecified atom stereocenters. The third-order valence-corrected chi connectivity index (χ3v) is 4.94. The largest absolute Gasteiger partial charge is 0.336 e. The van der Waals surface area contributed by atoms with Crippen LogP contribution in [0.25, 0.3) is 5.69 Å². The highest BCUT2D eigenvalue weighted by Gasteiger charge is 2.19. The Hall–Kier alpha value is -2.40. The van der Waals surface area contributed by atoms with E-state index in [4.69, 9.17) is 0 Å². The SMILES string of the molecule is Cc1ccsc1CN(C)C(=O)c1cnn(-c2ccccc2)c1C. The summed E-state index contributed by atoms with van der Waals surface area (Å²) in [5, 5.41) is 6.43. The lowest BCUT2D eigenvalue weighted by Gasteiger charge is -2.16. The topological polar surface area (TPSA) is 38.1 Å². The van der Waals surface area contributed by atoms with Gasteiger partial charge in [-0.15, -0.1) is 11.3 Å². The normalized spacial score (nSPS) is 10.7. The van der Waals surface area contributed by atoms with Crippen molar-refractivity contribution in [2.45, 2.75) is 20.4 Å². The minimum Gasteiger partial charge on any atom is -0.336 e. The minimum atomic E-state index is -0.00233. The van der Waals surface area contributed by atoms with Crippen LogP contribution in [0.1, 0.15) is 26.5 Å². The number of rotatable bonds is 4. The number of para-hydroxylation sites is 1. The van der Waals surface area contributed by atoms with E-state index in [1.165, 1.54) is 10.4 Å². The quantitative estimate of drug-likeness (QED) is 0.731. The molecule has 2 aromatic heterocycles. The van der Waals surface area contributed by atoms with Crippen LogP contribution in [-0.2, 0) is 6.54 Å². The van der Waals surface area contributed by atoms with Crippen molar-refractivity contribution in [2.24, 2.45) is 0 Å². The summed E-state index contributed by atoms with van der Waals surface area (Å²) in [5.41, 5.74) is 3.69. The van der Waals surface area contributed by atoms with Crippen molar-refractivity contribution in [3.8, 4) is 5.69 Å². The lowest BCUT2D eigenvalue weighted by atomic mass is 10.2. The fourth-order valence-corrected chi connectivity index (χ4v) is 3.47. The standard InChI is InChI=1S/C18H19N3OS/c1-13-9-10-23-17(13)12-20(3)18(22)16-11-19-21(14(16)2)15-7-5-4-6-8-15/h4-11H,12H2,1-3H3. The van der Waals surface area contributed by atoms with Gasteiger partial charge < -0.3 is 4.90 Å². The molecule has 0 radical (unpaired) electrons. The van der Waals surface area contributed by atoms with Crippen LogP contribution in [0.4, 0.5) is 0 Å². The summed E-state index contributed by atoms with van der Waals surface area (Å²) in [5.74, 6) is -0.00233. The van der Waals surface area contributed by atoms with Crippen LogP contribution >= 0.6 is 11.3 Å². The summed E-state index contributed by atoms with van der Waals surface area (Å²) in [6.07, 6.45) is 1.66. The second kappa shape index (κ2) is 6.38. The van der Waals surface area contributed by atoms with Crippen LogP contribution in [-0.4, -0.2) is 27.6 Å². The molecule has 0 saturated carbocycles. The molecule has 0 saturated heterocycles. The molecule has 3 aromatic rings. The number of hydrogen-bond donors (Lipinski definition) is 0. The maximum Gasteiger partial charge on any atom is 0.257 e. The average Bonchev–Trinajstić information content (AvgIpc) is 3.14. The first-order valence-corrected chi connectivity index (χ1v) is 8.34. The van der Waals surface area contributed by atoms with E-state index < -0.39 is 0 Å². The van der Waals surface area contributed by atoms with E-state index in [1.807, 2.05) is 44.3 Å². The molecule has 23 heavy (non-hydrogen) atoms. The number of amides is 1. The van der Waals surface area contributed by atoms with Crippen LogP contribution in [0, 0.1) is 13.8 Å². The Morgan fingerprint density at radius 1 is 1.22 bits per heavy atom. The van der Waals surface area contributed by atoms with E-state index in [-0.39, 0.29) is 5.91 Å². The van der Waals surface area contributed by atoms with Gasteiger partial charge in [-0.25, -0.2) is 4.68 Å². The van der Waals surface area contributed by atoms with Crippen molar-refractivity contribution in [1.29, 1.82) is 0 Å². The van der Waals surface area contributed by atoms with Crippen LogP contribution in [0.5, 0.6) is 0 Å². The Morgan fingerprint density at radius 3 is 2.61 bits per heavy atom. The highest BCUT2D eigenvalue weighted by molar-refractivity contribution is 7.10. The first kappa shape index (κ1) is 15.5. The number of carbonyl (C=O) groups excluding carboxylic acids is 1. The summed E-state index contributed by atoms with van der Waals surface area (Å²) < 4.78 is 1.80. The Balaban J connectivity index is 1.83. The van der Waals surface area contributed by atoms with E-state index in [0.29, 0.717) is 12.1 Å². The van der Waals surface area contributed by atoms with Crippen molar-refractivity contribution in [3.63, 3.8) is 0 Å². The zero-order chi connectivity index (χ0) is 16.4. The molecular formula is C18H19N3OS. The second-order valence-corrected chi connectivity index (χ2v) is 6.58. The molecule has 1 amide bonds. The van der Waals surface area contributed by atoms with Gasteiger partial charge in [-0.3, -0.25) is 4.79 Å². The van der Waals surface area contributed by atoms with E-state index in [0.717, 1.165) is 11.4 Å². The predicted octanol–water partition coefficient (Wildman–Crippen LogP) is 3.82. The lowest BCUT2D eigenvalue weighted by molar-refractivity contribution is 0.0785. The van der Waals surface area contributed by atoms with Crippen LogP contribution in [0.3, 0.4) is 0 Å². The fraction of sp³-hybridized carbons (Fsp3) is 0.222. The van der Waals surface area contributed by atoms with Gasteiger partial charge in [0.1, 0.15) is 0 Å². The third kappa shape index (κ3) is 3.05. The maximum absolute atomic E-state index is 12.7. The lowest BCUT2D eigenvalue weighted by Crippen LogP contribution is -2.26. The van der Waals surface area contributed by atoms with Gasteiger partial charge >= 0.3 is 0 Å². The molecule has 0 N–H and O–H groups in total. The molecule has 4 nitrogen and oxygen atoms in total. The molecular weight excluding hydrogens is 306 g/mol. The first-order chi connectivity index (χ1) is 11.1. The number of benzene rings is 1. The zero-order valence-corrected chi connectivity index (χ0v) is 14.3. The summed E-state index contributed by atoms with van der Waals surface area (Å²) in [7, 11) is 1.83. The van der Waals surface area contributed by atoms with Gasteiger partial charge in [0.2, 0.25) is 0 Å². The van der Waals surface area contributed by atoms with Crippen molar-refractivity contribution in [3.05, 3.63) is 69.7 Å². The molecule has 0 bridgehead atoms. The summed E-state index contributed by atoms with van der Waals surface area (Å²) in [6, 6.07) is 11.9. The molecule has 0 aliphatic rings. The molecule has 0 aliphatic heterocycles. The average molecular weight is 325 g/mol.